The molecule has 3 aromatic rings. The van der Waals surface area contributed by atoms with Crippen LogP contribution in [-0.4, -0.2) is 20.3 Å². The SMILES string of the molecule is C=CC[C@H](CC[C@H](OCc1ccc(OC)cc1)c1ccccc1)OCc1ccc(OC)cc1. The van der Waals surface area contributed by atoms with Crippen molar-refractivity contribution in [3.8, 4) is 11.5 Å². The fourth-order valence-corrected chi connectivity index (χ4v) is 3.66. The molecule has 33 heavy (non-hydrogen) atoms. The zero-order valence-electron chi connectivity index (χ0n) is 19.6. The van der Waals surface area contributed by atoms with Crippen LogP contribution in [0.3, 0.4) is 0 Å². The number of ether oxygens (including phenoxy) is 4. The molecule has 0 aliphatic rings. The first-order chi connectivity index (χ1) is 16.2. The van der Waals surface area contributed by atoms with Gasteiger partial charge in [-0.15, -0.1) is 6.58 Å². The summed E-state index contributed by atoms with van der Waals surface area (Å²) in [6, 6.07) is 26.4. The van der Waals surface area contributed by atoms with Crippen molar-refractivity contribution in [3.63, 3.8) is 0 Å². The van der Waals surface area contributed by atoms with E-state index >= 15 is 0 Å². The molecule has 4 heteroatoms. The van der Waals surface area contributed by atoms with Crippen molar-refractivity contribution in [2.24, 2.45) is 0 Å². The van der Waals surface area contributed by atoms with E-state index in [1.54, 1.807) is 14.2 Å². The smallest absolute Gasteiger partial charge is 0.118 e. The van der Waals surface area contributed by atoms with Crippen LogP contribution in [0.15, 0.2) is 91.5 Å². The standard InChI is InChI=1S/C29H34O4/c1-4-8-28(32-21-23-11-15-26(30-2)16-12-23)19-20-29(25-9-6-5-7-10-25)33-22-24-13-17-27(31-3)18-14-24/h4-7,9-18,28-29H,1,8,19-22H2,2-3H3/t28-,29+/m1/s1. The third-order valence-corrected chi connectivity index (χ3v) is 5.61. The minimum absolute atomic E-state index is 0.00907. The van der Waals surface area contributed by atoms with Gasteiger partial charge in [0.05, 0.1) is 39.6 Å². The van der Waals surface area contributed by atoms with Crippen LogP contribution in [0.25, 0.3) is 0 Å². The molecule has 0 saturated heterocycles. The lowest BCUT2D eigenvalue weighted by Crippen LogP contribution is -2.15. The lowest BCUT2D eigenvalue weighted by molar-refractivity contribution is 0.0000441. The highest BCUT2D eigenvalue weighted by Crippen LogP contribution is 2.27. The summed E-state index contributed by atoms with van der Waals surface area (Å²) in [5, 5.41) is 0. The van der Waals surface area contributed by atoms with E-state index in [-0.39, 0.29) is 12.2 Å². The Morgan fingerprint density at radius 2 is 1.24 bits per heavy atom. The molecule has 4 nitrogen and oxygen atoms in total. The van der Waals surface area contributed by atoms with Gasteiger partial charge < -0.3 is 18.9 Å². The summed E-state index contributed by atoms with van der Waals surface area (Å²) in [5.74, 6) is 1.70. The first kappa shape index (κ1) is 24.6. The first-order valence-corrected chi connectivity index (χ1v) is 11.4. The Bertz CT molecular complexity index is 936. The monoisotopic (exact) mass is 446 g/mol. The maximum atomic E-state index is 6.37. The molecule has 0 spiro atoms. The van der Waals surface area contributed by atoms with Crippen molar-refractivity contribution in [1.29, 1.82) is 0 Å². The molecule has 174 valence electrons. The zero-order valence-corrected chi connectivity index (χ0v) is 19.6. The van der Waals surface area contributed by atoms with Gasteiger partial charge in [-0.05, 0) is 60.2 Å². The van der Waals surface area contributed by atoms with Gasteiger partial charge in [-0.3, -0.25) is 0 Å². The van der Waals surface area contributed by atoms with E-state index in [1.165, 1.54) is 5.56 Å². The summed E-state index contributed by atoms with van der Waals surface area (Å²) in [4.78, 5) is 0. The van der Waals surface area contributed by atoms with Gasteiger partial charge in [0.15, 0.2) is 0 Å². The van der Waals surface area contributed by atoms with Crippen LogP contribution in [-0.2, 0) is 22.7 Å². The van der Waals surface area contributed by atoms with E-state index in [0.717, 1.165) is 41.9 Å². The Morgan fingerprint density at radius 1 is 0.697 bits per heavy atom. The number of hydrogen-bond donors (Lipinski definition) is 0. The number of benzene rings is 3. The highest BCUT2D eigenvalue weighted by atomic mass is 16.5. The van der Waals surface area contributed by atoms with E-state index < -0.39 is 0 Å². The van der Waals surface area contributed by atoms with Crippen molar-refractivity contribution in [3.05, 3.63) is 108 Å². The van der Waals surface area contributed by atoms with Gasteiger partial charge in [-0.2, -0.15) is 0 Å². The Morgan fingerprint density at radius 3 is 1.76 bits per heavy atom. The van der Waals surface area contributed by atoms with Gasteiger partial charge in [0, 0.05) is 0 Å². The predicted octanol–water partition coefficient (Wildman–Crippen LogP) is 6.90. The van der Waals surface area contributed by atoms with Crippen LogP contribution >= 0.6 is 0 Å². The summed E-state index contributed by atoms with van der Waals surface area (Å²) in [6.45, 7) is 5.02. The molecular formula is C29H34O4. The second-order valence-corrected chi connectivity index (χ2v) is 7.94. The molecule has 0 heterocycles. The Labute approximate surface area is 197 Å². The normalized spacial score (nSPS) is 12.7. The van der Waals surface area contributed by atoms with Crippen molar-refractivity contribution in [2.75, 3.05) is 14.2 Å². The van der Waals surface area contributed by atoms with E-state index in [9.17, 15) is 0 Å². The number of hydrogen-bond acceptors (Lipinski definition) is 4. The maximum absolute atomic E-state index is 6.37. The summed E-state index contributed by atoms with van der Waals surface area (Å²) < 4.78 is 23.1. The van der Waals surface area contributed by atoms with Crippen molar-refractivity contribution >= 4 is 0 Å². The second kappa shape index (κ2) is 13.5. The third-order valence-electron chi connectivity index (χ3n) is 5.61. The van der Waals surface area contributed by atoms with Crippen molar-refractivity contribution in [2.45, 2.75) is 44.7 Å². The molecule has 0 unspecified atom stereocenters. The van der Waals surface area contributed by atoms with E-state index in [0.29, 0.717) is 13.2 Å². The second-order valence-electron chi connectivity index (χ2n) is 7.94. The average molecular weight is 447 g/mol. The minimum Gasteiger partial charge on any atom is -0.497 e. The number of methoxy groups -OCH3 is 2. The average Bonchev–Trinajstić information content (AvgIpc) is 2.88. The highest BCUT2D eigenvalue weighted by Gasteiger charge is 2.16. The molecule has 2 atom stereocenters. The summed E-state index contributed by atoms with van der Waals surface area (Å²) in [5.41, 5.74) is 3.42. The van der Waals surface area contributed by atoms with Gasteiger partial charge in [-0.1, -0.05) is 60.7 Å². The number of rotatable bonds is 14. The van der Waals surface area contributed by atoms with Gasteiger partial charge in [-0.25, -0.2) is 0 Å². The lowest BCUT2D eigenvalue weighted by Gasteiger charge is -2.22. The summed E-state index contributed by atoms with van der Waals surface area (Å²) in [6.07, 6.45) is 4.54. The minimum atomic E-state index is -0.00907. The predicted molar refractivity (Wildman–Crippen MR) is 133 cm³/mol. The Hall–Kier alpha value is -3.08. The summed E-state index contributed by atoms with van der Waals surface area (Å²) >= 11 is 0. The Kier molecular flexibility index (Phi) is 10.0. The molecule has 0 aliphatic carbocycles. The van der Waals surface area contributed by atoms with Crippen molar-refractivity contribution in [1.82, 2.24) is 0 Å². The lowest BCUT2D eigenvalue weighted by atomic mass is 10.0. The topological polar surface area (TPSA) is 36.9 Å². The van der Waals surface area contributed by atoms with E-state index in [4.69, 9.17) is 18.9 Å². The van der Waals surface area contributed by atoms with Crippen LogP contribution in [0.4, 0.5) is 0 Å². The Balaban J connectivity index is 1.59. The molecule has 3 aromatic carbocycles. The molecule has 0 radical (unpaired) electrons. The zero-order chi connectivity index (χ0) is 23.3. The highest BCUT2D eigenvalue weighted by molar-refractivity contribution is 5.27. The molecular weight excluding hydrogens is 412 g/mol. The molecule has 0 bridgehead atoms. The fourth-order valence-electron chi connectivity index (χ4n) is 3.66. The molecule has 0 fully saturated rings. The maximum Gasteiger partial charge on any atom is 0.118 e. The molecule has 0 amide bonds. The van der Waals surface area contributed by atoms with Crippen LogP contribution < -0.4 is 9.47 Å². The first-order valence-electron chi connectivity index (χ1n) is 11.4. The molecule has 3 rings (SSSR count). The van der Waals surface area contributed by atoms with E-state index in [2.05, 4.69) is 30.8 Å². The van der Waals surface area contributed by atoms with Crippen LogP contribution in [0.2, 0.25) is 0 Å². The van der Waals surface area contributed by atoms with Gasteiger partial charge in [0.1, 0.15) is 11.5 Å². The molecule has 0 saturated carbocycles. The molecule has 0 aromatic heterocycles. The van der Waals surface area contributed by atoms with Crippen LogP contribution in [0, 0.1) is 0 Å². The molecule has 0 N–H and O–H groups in total. The van der Waals surface area contributed by atoms with E-state index in [1.807, 2.05) is 60.7 Å². The van der Waals surface area contributed by atoms with Gasteiger partial charge in [0.2, 0.25) is 0 Å². The third kappa shape index (κ3) is 8.08. The van der Waals surface area contributed by atoms with Crippen LogP contribution in [0.5, 0.6) is 11.5 Å². The van der Waals surface area contributed by atoms with Crippen molar-refractivity contribution < 1.29 is 18.9 Å². The van der Waals surface area contributed by atoms with Crippen LogP contribution in [0.1, 0.15) is 42.1 Å². The quantitative estimate of drug-likeness (QED) is 0.252. The van der Waals surface area contributed by atoms with Gasteiger partial charge in [0.25, 0.3) is 0 Å². The summed E-state index contributed by atoms with van der Waals surface area (Å²) in [7, 11) is 3.35. The largest absolute Gasteiger partial charge is 0.497 e. The fraction of sp³-hybridized carbons (Fsp3) is 0.310. The molecule has 0 aliphatic heterocycles. The van der Waals surface area contributed by atoms with Gasteiger partial charge >= 0.3 is 0 Å².